The zero-order chi connectivity index (χ0) is 13.0. The lowest BCUT2D eigenvalue weighted by Gasteiger charge is -2.06. The molecule has 1 fully saturated rings. The van der Waals surface area contributed by atoms with Crippen molar-refractivity contribution in [3.8, 4) is 0 Å². The fraction of sp³-hybridized carbons (Fsp3) is 1.00. The number of hydrogen-bond acceptors (Lipinski definition) is 5. The highest BCUT2D eigenvalue weighted by Gasteiger charge is 2.48. The first-order valence-corrected chi connectivity index (χ1v) is 5.65. The van der Waals surface area contributed by atoms with Crippen LogP contribution in [0.4, 0.5) is 13.2 Å². The lowest BCUT2D eigenvalue weighted by atomic mass is 10.5. The lowest BCUT2D eigenvalue weighted by molar-refractivity contribution is -0.0544. The summed E-state index contributed by atoms with van der Waals surface area (Å²) in [5.74, 6) is 0. The zero-order valence-corrected chi connectivity index (χ0v) is 9.93. The standard InChI is InChI=1S/C4H5F3O4S.C3H9N/c5-4(6,7)12(8,9)11-2-3-1-10-3;1-4(2)3/h3H,1-2H2;1-3H3. The van der Waals surface area contributed by atoms with Crippen LogP contribution in [0.3, 0.4) is 0 Å². The molecular weight excluding hydrogens is 251 g/mol. The van der Waals surface area contributed by atoms with E-state index in [2.05, 4.69) is 8.92 Å². The van der Waals surface area contributed by atoms with E-state index in [1.807, 2.05) is 26.0 Å². The highest BCUT2D eigenvalue weighted by atomic mass is 32.2. The van der Waals surface area contributed by atoms with Crippen molar-refractivity contribution in [2.75, 3.05) is 34.4 Å². The minimum atomic E-state index is -5.43. The summed E-state index contributed by atoms with van der Waals surface area (Å²) in [5.41, 5.74) is -5.35. The van der Waals surface area contributed by atoms with Crippen LogP contribution < -0.4 is 0 Å². The highest BCUT2D eigenvalue weighted by Crippen LogP contribution is 2.25. The number of halogens is 3. The van der Waals surface area contributed by atoms with Gasteiger partial charge < -0.3 is 9.64 Å². The van der Waals surface area contributed by atoms with Gasteiger partial charge in [0.05, 0.1) is 13.2 Å². The molecule has 98 valence electrons. The zero-order valence-electron chi connectivity index (χ0n) is 9.11. The van der Waals surface area contributed by atoms with E-state index < -0.39 is 28.3 Å². The Morgan fingerprint density at radius 2 is 1.75 bits per heavy atom. The third-order valence-electron chi connectivity index (χ3n) is 1.09. The molecule has 1 rings (SSSR count). The molecule has 0 aromatic carbocycles. The quantitative estimate of drug-likeness (QED) is 0.421. The van der Waals surface area contributed by atoms with Crippen LogP contribution in [0, 0.1) is 0 Å². The Morgan fingerprint density at radius 1 is 1.38 bits per heavy atom. The molecule has 0 aliphatic carbocycles. The minimum Gasteiger partial charge on any atom is -0.371 e. The van der Waals surface area contributed by atoms with Crippen LogP contribution >= 0.6 is 0 Å². The van der Waals surface area contributed by atoms with Gasteiger partial charge in [0.2, 0.25) is 0 Å². The van der Waals surface area contributed by atoms with Crippen LogP contribution in [0.1, 0.15) is 0 Å². The Labute approximate surface area is 92.2 Å². The Hall–Kier alpha value is -0.380. The Kier molecular flexibility index (Phi) is 5.66. The van der Waals surface area contributed by atoms with Crippen LogP contribution in [0.15, 0.2) is 0 Å². The van der Waals surface area contributed by atoms with Gasteiger partial charge in [0, 0.05) is 0 Å². The summed E-state index contributed by atoms with van der Waals surface area (Å²) < 4.78 is 63.1. The second kappa shape index (κ2) is 5.80. The SMILES string of the molecule is CN(C)C.O=S(=O)(OCC1CO1)C(F)(F)F. The van der Waals surface area contributed by atoms with Crippen molar-refractivity contribution in [3.05, 3.63) is 0 Å². The predicted octanol–water partition coefficient (Wildman–Crippen LogP) is 0.429. The van der Waals surface area contributed by atoms with E-state index in [1.54, 1.807) is 0 Å². The van der Waals surface area contributed by atoms with Gasteiger partial charge in [0.25, 0.3) is 0 Å². The number of ether oxygens (including phenoxy) is 1. The maximum atomic E-state index is 11.6. The largest absolute Gasteiger partial charge is 0.523 e. The van der Waals surface area contributed by atoms with Gasteiger partial charge in [0.1, 0.15) is 6.10 Å². The average molecular weight is 265 g/mol. The molecule has 5 nitrogen and oxygen atoms in total. The van der Waals surface area contributed by atoms with Gasteiger partial charge in [-0.2, -0.15) is 21.6 Å². The Morgan fingerprint density at radius 3 is 2.00 bits per heavy atom. The monoisotopic (exact) mass is 265 g/mol. The molecule has 0 aromatic rings. The van der Waals surface area contributed by atoms with Gasteiger partial charge in [-0.1, -0.05) is 0 Å². The summed E-state index contributed by atoms with van der Waals surface area (Å²) >= 11 is 0. The second-order valence-corrected chi connectivity index (χ2v) is 5.09. The van der Waals surface area contributed by atoms with E-state index in [9.17, 15) is 21.6 Å². The third-order valence-corrected chi connectivity index (χ3v) is 2.11. The van der Waals surface area contributed by atoms with Crippen LogP contribution in [0.2, 0.25) is 0 Å². The van der Waals surface area contributed by atoms with Gasteiger partial charge in [-0.3, -0.25) is 4.18 Å². The summed E-state index contributed by atoms with van der Waals surface area (Å²) in [7, 11) is 0.567. The summed E-state index contributed by atoms with van der Waals surface area (Å²) in [5, 5.41) is 0. The number of hydrogen-bond donors (Lipinski definition) is 0. The van der Waals surface area contributed by atoms with E-state index >= 15 is 0 Å². The first-order chi connectivity index (χ1) is 7.06. The van der Waals surface area contributed by atoms with E-state index in [1.165, 1.54) is 0 Å². The molecule has 1 aliphatic heterocycles. The van der Waals surface area contributed by atoms with Gasteiger partial charge in [-0.15, -0.1) is 0 Å². The Bertz CT molecular complexity index is 294. The molecule has 1 unspecified atom stereocenters. The molecule has 1 heterocycles. The molecule has 0 saturated carbocycles. The first kappa shape index (κ1) is 15.6. The normalized spacial score (nSPS) is 20.3. The summed E-state index contributed by atoms with van der Waals surface area (Å²) in [6.07, 6.45) is -0.512. The number of nitrogens with zero attached hydrogens (tertiary/aromatic N) is 1. The van der Waals surface area contributed by atoms with Gasteiger partial charge in [-0.05, 0) is 21.1 Å². The maximum absolute atomic E-state index is 11.6. The van der Waals surface area contributed by atoms with E-state index in [0.717, 1.165) is 0 Å². The third kappa shape index (κ3) is 6.99. The van der Waals surface area contributed by atoms with Crippen LogP contribution in [0.5, 0.6) is 0 Å². The summed E-state index contributed by atoms with van der Waals surface area (Å²) in [6.45, 7) is -0.324. The molecule has 0 spiro atoms. The number of rotatable bonds is 3. The summed E-state index contributed by atoms with van der Waals surface area (Å²) in [6, 6.07) is 0. The maximum Gasteiger partial charge on any atom is 0.523 e. The predicted molar refractivity (Wildman–Crippen MR) is 50.3 cm³/mol. The van der Waals surface area contributed by atoms with Gasteiger partial charge in [-0.25, -0.2) is 0 Å². The molecule has 9 heteroatoms. The molecule has 0 aromatic heterocycles. The number of epoxide rings is 1. The molecule has 0 N–H and O–H groups in total. The van der Waals surface area contributed by atoms with Crippen LogP contribution in [-0.4, -0.2) is 59.3 Å². The fourth-order valence-corrected chi connectivity index (χ4v) is 0.861. The minimum absolute atomic E-state index is 0.243. The van der Waals surface area contributed by atoms with Crippen molar-refractivity contribution < 1.29 is 30.5 Å². The highest BCUT2D eigenvalue weighted by molar-refractivity contribution is 7.87. The van der Waals surface area contributed by atoms with Crippen molar-refractivity contribution in [2.45, 2.75) is 11.6 Å². The van der Waals surface area contributed by atoms with E-state index in [4.69, 9.17) is 0 Å². The van der Waals surface area contributed by atoms with Crippen molar-refractivity contribution in [3.63, 3.8) is 0 Å². The topological polar surface area (TPSA) is 59.1 Å². The Balaban J connectivity index is 0.000000487. The van der Waals surface area contributed by atoms with Crippen LogP contribution in [-0.2, 0) is 19.0 Å². The van der Waals surface area contributed by atoms with Crippen molar-refractivity contribution >= 4 is 10.1 Å². The number of alkyl halides is 3. The first-order valence-electron chi connectivity index (χ1n) is 4.24. The van der Waals surface area contributed by atoms with E-state index in [-0.39, 0.29) is 6.61 Å². The van der Waals surface area contributed by atoms with Gasteiger partial charge in [0.15, 0.2) is 0 Å². The molecule has 1 aliphatic rings. The molecule has 16 heavy (non-hydrogen) atoms. The van der Waals surface area contributed by atoms with Crippen molar-refractivity contribution in [1.29, 1.82) is 0 Å². The molecular formula is C7H14F3NO4S. The van der Waals surface area contributed by atoms with Crippen molar-refractivity contribution in [2.24, 2.45) is 0 Å². The summed E-state index contributed by atoms with van der Waals surface area (Å²) in [4.78, 5) is 2.00. The molecule has 0 bridgehead atoms. The average Bonchev–Trinajstić information content (AvgIpc) is 2.80. The second-order valence-electron chi connectivity index (χ2n) is 3.48. The fourth-order valence-electron chi connectivity index (χ4n) is 0.397. The smallest absolute Gasteiger partial charge is 0.371 e. The molecule has 0 radical (unpaired) electrons. The molecule has 1 atom stereocenters. The molecule has 0 amide bonds. The van der Waals surface area contributed by atoms with Crippen LogP contribution in [0.25, 0.3) is 0 Å². The van der Waals surface area contributed by atoms with Gasteiger partial charge >= 0.3 is 15.6 Å². The van der Waals surface area contributed by atoms with Crippen molar-refractivity contribution in [1.82, 2.24) is 4.90 Å². The lowest BCUT2D eigenvalue weighted by Crippen LogP contribution is -2.26. The van der Waals surface area contributed by atoms with E-state index in [0.29, 0.717) is 0 Å². The molecule has 1 saturated heterocycles.